The largest absolute Gasteiger partial charge is 0.495 e. The Balaban J connectivity index is 1.98. The normalized spacial score (nSPS) is 11.7. The van der Waals surface area contributed by atoms with E-state index in [0.29, 0.717) is 17.0 Å². The van der Waals surface area contributed by atoms with Crippen molar-refractivity contribution >= 4 is 33.7 Å². The first-order valence-electron chi connectivity index (χ1n) is 7.63. The average Bonchev–Trinajstić information content (AvgIpc) is 2.90. The Labute approximate surface area is 139 Å². The van der Waals surface area contributed by atoms with Crippen molar-refractivity contribution in [3.05, 3.63) is 36.4 Å². The molecule has 2 amide bonds. The molecule has 24 heavy (non-hydrogen) atoms. The number of anilines is 1. The molecule has 0 bridgehead atoms. The van der Waals surface area contributed by atoms with Gasteiger partial charge in [0.05, 0.1) is 24.9 Å². The molecule has 2 aromatic carbocycles. The molecule has 0 saturated carbocycles. The van der Waals surface area contributed by atoms with Crippen molar-refractivity contribution in [3.63, 3.8) is 0 Å². The van der Waals surface area contributed by atoms with E-state index in [-0.39, 0.29) is 6.61 Å². The molecule has 0 unspecified atom stereocenters. The van der Waals surface area contributed by atoms with E-state index >= 15 is 0 Å². The molecule has 1 heterocycles. The molecule has 0 radical (unpaired) electrons. The number of rotatable bonds is 4. The van der Waals surface area contributed by atoms with Crippen molar-refractivity contribution in [1.29, 1.82) is 0 Å². The van der Waals surface area contributed by atoms with E-state index in [1.165, 1.54) is 0 Å². The van der Waals surface area contributed by atoms with Crippen LogP contribution in [-0.2, 0) is 0 Å². The second-order valence-electron chi connectivity index (χ2n) is 6.27. The summed E-state index contributed by atoms with van der Waals surface area (Å²) in [7, 11) is 1.55. The van der Waals surface area contributed by atoms with Crippen molar-refractivity contribution in [2.24, 2.45) is 0 Å². The van der Waals surface area contributed by atoms with Crippen LogP contribution >= 0.6 is 0 Å². The summed E-state index contributed by atoms with van der Waals surface area (Å²) in [5.41, 5.74) is 1.21. The Morgan fingerprint density at radius 2 is 1.96 bits per heavy atom. The molecule has 0 aliphatic carbocycles. The van der Waals surface area contributed by atoms with E-state index in [9.17, 15) is 9.90 Å². The van der Waals surface area contributed by atoms with Crippen molar-refractivity contribution in [2.75, 3.05) is 19.0 Å². The van der Waals surface area contributed by atoms with Gasteiger partial charge in [-0.15, -0.1) is 0 Å². The maximum absolute atomic E-state index is 12.1. The molecule has 0 fully saturated rings. The van der Waals surface area contributed by atoms with Crippen LogP contribution in [0.15, 0.2) is 40.8 Å². The van der Waals surface area contributed by atoms with Crippen LogP contribution in [-0.4, -0.2) is 30.4 Å². The van der Waals surface area contributed by atoms with Crippen LogP contribution in [0.5, 0.6) is 5.75 Å². The van der Waals surface area contributed by atoms with E-state index in [1.807, 2.05) is 30.3 Å². The lowest BCUT2D eigenvalue weighted by Gasteiger charge is -2.23. The van der Waals surface area contributed by atoms with E-state index in [4.69, 9.17) is 9.15 Å². The van der Waals surface area contributed by atoms with Gasteiger partial charge in [0.2, 0.25) is 0 Å². The number of benzene rings is 2. The van der Waals surface area contributed by atoms with Gasteiger partial charge in [-0.25, -0.2) is 4.79 Å². The SMILES string of the molecule is COc1cc2c(cc1NC(=O)NC(C)(C)CO)oc1ccccc12. The molecule has 6 nitrogen and oxygen atoms in total. The molecular weight excluding hydrogens is 308 g/mol. The minimum absolute atomic E-state index is 0.167. The Morgan fingerprint density at radius 3 is 2.67 bits per heavy atom. The zero-order chi connectivity index (χ0) is 17.3. The first-order valence-corrected chi connectivity index (χ1v) is 7.63. The summed E-state index contributed by atoms with van der Waals surface area (Å²) in [5, 5.41) is 16.6. The number of nitrogens with one attached hydrogen (secondary N) is 2. The summed E-state index contributed by atoms with van der Waals surface area (Å²) in [6, 6.07) is 10.9. The highest BCUT2D eigenvalue weighted by atomic mass is 16.5. The third-order valence-corrected chi connectivity index (χ3v) is 3.79. The molecule has 126 valence electrons. The average molecular weight is 328 g/mol. The van der Waals surface area contributed by atoms with Crippen molar-refractivity contribution in [3.8, 4) is 5.75 Å². The second-order valence-corrected chi connectivity index (χ2v) is 6.27. The number of carbonyl (C=O) groups is 1. The zero-order valence-corrected chi connectivity index (χ0v) is 13.8. The van der Waals surface area contributed by atoms with Gasteiger partial charge in [-0.2, -0.15) is 0 Å². The number of ether oxygens (including phenoxy) is 1. The highest BCUT2D eigenvalue weighted by Crippen LogP contribution is 2.36. The molecule has 0 aliphatic rings. The Kier molecular flexibility index (Phi) is 4.07. The lowest BCUT2D eigenvalue weighted by Crippen LogP contribution is -2.48. The maximum atomic E-state index is 12.1. The molecule has 0 aliphatic heterocycles. The number of hydrogen-bond acceptors (Lipinski definition) is 4. The molecule has 0 spiro atoms. The van der Waals surface area contributed by atoms with E-state index in [1.54, 1.807) is 27.0 Å². The fourth-order valence-electron chi connectivity index (χ4n) is 2.52. The number of carbonyl (C=O) groups excluding carboxylic acids is 1. The number of para-hydroxylation sites is 1. The number of fused-ring (bicyclic) bond motifs is 3. The third-order valence-electron chi connectivity index (χ3n) is 3.79. The summed E-state index contributed by atoms with van der Waals surface area (Å²) >= 11 is 0. The number of aliphatic hydroxyl groups is 1. The van der Waals surface area contributed by atoms with E-state index in [0.717, 1.165) is 16.4 Å². The lowest BCUT2D eigenvalue weighted by atomic mass is 10.1. The van der Waals surface area contributed by atoms with Crippen molar-refractivity contribution in [1.82, 2.24) is 5.32 Å². The molecule has 3 N–H and O–H groups in total. The number of aliphatic hydroxyl groups excluding tert-OH is 1. The van der Waals surface area contributed by atoms with Crippen LogP contribution in [0.3, 0.4) is 0 Å². The highest BCUT2D eigenvalue weighted by Gasteiger charge is 2.20. The molecule has 0 saturated heterocycles. The van der Waals surface area contributed by atoms with Crippen LogP contribution < -0.4 is 15.4 Å². The van der Waals surface area contributed by atoms with Crippen LogP contribution in [0.2, 0.25) is 0 Å². The molecule has 1 aromatic heterocycles. The van der Waals surface area contributed by atoms with Crippen molar-refractivity contribution in [2.45, 2.75) is 19.4 Å². The Bertz CT molecular complexity index is 899. The quantitative estimate of drug-likeness (QED) is 0.684. The van der Waals surface area contributed by atoms with Gasteiger partial charge in [0.15, 0.2) is 0 Å². The smallest absolute Gasteiger partial charge is 0.319 e. The molecule has 0 atom stereocenters. The van der Waals surface area contributed by atoms with Gasteiger partial charge in [0.1, 0.15) is 16.9 Å². The highest BCUT2D eigenvalue weighted by molar-refractivity contribution is 6.07. The monoisotopic (exact) mass is 328 g/mol. The summed E-state index contributed by atoms with van der Waals surface area (Å²) in [6.45, 7) is 3.29. The first-order chi connectivity index (χ1) is 11.4. The molecule has 3 rings (SSSR count). The van der Waals surface area contributed by atoms with E-state index < -0.39 is 11.6 Å². The van der Waals surface area contributed by atoms with Gasteiger partial charge < -0.3 is 24.9 Å². The van der Waals surface area contributed by atoms with Crippen LogP contribution in [0.25, 0.3) is 21.9 Å². The fraction of sp³-hybridized carbons (Fsp3) is 0.278. The molecule has 6 heteroatoms. The van der Waals surface area contributed by atoms with Crippen LogP contribution in [0.4, 0.5) is 10.5 Å². The summed E-state index contributed by atoms with van der Waals surface area (Å²) in [4.78, 5) is 12.1. The Hall–Kier alpha value is -2.73. The standard InChI is InChI=1S/C18H20N2O4/c1-18(2,10-21)20-17(22)19-13-9-15-12(8-16(13)23-3)11-6-4-5-7-14(11)24-15/h4-9,21H,10H2,1-3H3,(H2,19,20,22). The zero-order valence-electron chi connectivity index (χ0n) is 13.8. The van der Waals surface area contributed by atoms with Gasteiger partial charge in [0, 0.05) is 16.8 Å². The van der Waals surface area contributed by atoms with E-state index in [2.05, 4.69) is 10.6 Å². The topological polar surface area (TPSA) is 83.7 Å². The van der Waals surface area contributed by atoms with Crippen molar-refractivity contribution < 1.29 is 19.1 Å². The van der Waals surface area contributed by atoms with Crippen LogP contribution in [0.1, 0.15) is 13.8 Å². The van der Waals surface area contributed by atoms with Gasteiger partial charge in [-0.3, -0.25) is 0 Å². The minimum Gasteiger partial charge on any atom is -0.495 e. The second kappa shape index (κ2) is 6.05. The number of amides is 2. The summed E-state index contributed by atoms with van der Waals surface area (Å²) in [6.07, 6.45) is 0. The predicted molar refractivity (Wildman–Crippen MR) is 93.6 cm³/mol. The lowest BCUT2D eigenvalue weighted by molar-refractivity contribution is 0.187. The van der Waals surface area contributed by atoms with Gasteiger partial charge in [-0.1, -0.05) is 18.2 Å². The van der Waals surface area contributed by atoms with Gasteiger partial charge in [-0.05, 0) is 26.0 Å². The number of hydrogen-bond donors (Lipinski definition) is 3. The minimum atomic E-state index is -0.721. The number of urea groups is 1. The van der Waals surface area contributed by atoms with Gasteiger partial charge >= 0.3 is 6.03 Å². The Morgan fingerprint density at radius 1 is 1.21 bits per heavy atom. The fourth-order valence-corrected chi connectivity index (χ4v) is 2.52. The number of methoxy groups -OCH3 is 1. The van der Waals surface area contributed by atoms with Gasteiger partial charge in [0.25, 0.3) is 0 Å². The molecular formula is C18H20N2O4. The van der Waals surface area contributed by atoms with Crippen LogP contribution in [0, 0.1) is 0 Å². The predicted octanol–water partition coefficient (Wildman–Crippen LogP) is 3.49. The third kappa shape index (κ3) is 3.00. The number of furan rings is 1. The first kappa shape index (κ1) is 16.1. The maximum Gasteiger partial charge on any atom is 0.319 e. The summed E-state index contributed by atoms with van der Waals surface area (Å²) in [5.74, 6) is 0.533. The molecule has 3 aromatic rings. The summed E-state index contributed by atoms with van der Waals surface area (Å²) < 4.78 is 11.2.